The van der Waals surface area contributed by atoms with Crippen LogP contribution in [0.15, 0.2) is 42.5 Å². The first-order chi connectivity index (χ1) is 9.00. The van der Waals surface area contributed by atoms with Gasteiger partial charge in [0, 0.05) is 18.8 Å². The van der Waals surface area contributed by atoms with Crippen LogP contribution in [0.5, 0.6) is 17.2 Å². The van der Waals surface area contributed by atoms with E-state index in [0.717, 1.165) is 0 Å². The van der Waals surface area contributed by atoms with Crippen LogP contribution in [-0.4, -0.2) is 28.3 Å². The van der Waals surface area contributed by atoms with Crippen molar-refractivity contribution >= 4 is 11.6 Å². The molecule has 0 radical (unpaired) electrons. The fourth-order valence-corrected chi connectivity index (χ4v) is 1.70. The van der Waals surface area contributed by atoms with Gasteiger partial charge in [-0.3, -0.25) is 4.79 Å². The van der Waals surface area contributed by atoms with Gasteiger partial charge in [-0.1, -0.05) is 12.1 Å². The van der Waals surface area contributed by atoms with Crippen molar-refractivity contribution in [2.45, 2.75) is 0 Å². The molecule has 19 heavy (non-hydrogen) atoms. The van der Waals surface area contributed by atoms with E-state index in [4.69, 9.17) is 0 Å². The molecule has 0 saturated heterocycles. The summed E-state index contributed by atoms with van der Waals surface area (Å²) < 4.78 is 0. The van der Waals surface area contributed by atoms with Gasteiger partial charge in [-0.2, -0.15) is 0 Å². The summed E-state index contributed by atoms with van der Waals surface area (Å²) in [6.07, 6.45) is 0. The molecule has 0 atom stereocenters. The smallest absolute Gasteiger partial charge is 0.261 e. The monoisotopic (exact) mass is 259 g/mol. The number of amides is 1. The minimum atomic E-state index is -0.487. The zero-order chi connectivity index (χ0) is 14.0. The zero-order valence-electron chi connectivity index (χ0n) is 10.2. The molecule has 0 aromatic heterocycles. The third-order valence-electron chi connectivity index (χ3n) is 2.77. The van der Waals surface area contributed by atoms with E-state index < -0.39 is 11.7 Å². The van der Waals surface area contributed by atoms with Crippen molar-refractivity contribution in [3.05, 3.63) is 48.0 Å². The maximum Gasteiger partial charge on any atom is 0.261 e. The molecule has 2 rings (SSSR count). The standard InChI is InChI=1S/C14H13NO4/c1-15(9-4-2-5-10(16)8-9)14(19)11-6-3-7-12(17)13(11)18/h2-8,16-18H,1H3. The van der Waals surface area contributed by atoms with E-state index in [2.05, 4.69) is 0 Å². The van der Waals surface area contributed by atoms with E-state index in [9.17, 15) is 20.1 Å². The number of para-hydroxylation sites is 1. The minimum absolute atomic E-state index is 0.00848. The number of rotatable bonds is 2. The molecule has 5 nitrogen and oxygen atoms in total. The SMILES string of the molecule is CN(C(=O)c1cccc(O)c1O)c1cccc(O)c1. The quantitative estimate of drug-likeness (QED) is 0.721. The van der Waals surface area contributed by atoms with E-state index in [1.54, 1.807) is 12.1 Å². The molecule has 0 fully saturated rings. The summed E-state index contributed by atoms with van der Waals surface area (Å²) in [5.41, 5.74) is 0.471. The second-order valence-corrected chi connectivity index (χ2v) is 4.06. The molecule has 98 valence electrons. The maximum atomic E-state index is 12.2. The first-order valence-electron chi connectivity index (χ1n) is 5.58. The topological polar surface area (TPSA) is 81.0 Å². The van der Waals surface area contributed by atoms with Crippen LogP contribution in [0.2, 0.25) is 0 Å². The fourth-order valence-electron chi connectivity index (χ4n) is 1.70. The molecule has 1 amide bonds. The second kappa shape index (κ2) is 4.89. The molecule has 3 N–H and O–H groups in total. The number of carbonyl (C=O) groups excluding carboxylic acids is 1. The van der Waals surface area contributed by atoms with Gasteiger partial charge in [0.2, 0.25) is 0 Å². The average molecular weight is 259 g/mol. The molecule has 0 heterocycles. The lowest BCUT2D eigenvalue weighted by molar-refractivity contribution is 0.0990. The Hall–Kier alpha value is -2.69. The largest absolute Gasteiger partial charge is 0.508 e. The van der Waals surface area contributed by atoms with Gasteiger partial charge in [-0.25, -0.2) is 0 Å². The number of anilines is 1. The number of benzene rings is 2. The summed E-state index contributed by atoms with van der Waals surface area (Å²) in [7, 11) is 1.51. The Morgan fingerprint density at radius 1 is 1.05 bits per heavy atom. The second-order valence-electron chi connectivity index (χ2n) is 4.06. The minimum Gasteiger partial charge on any atom is -0.508 e. The molecular formula is C14H13NO4. The summed E-state index contributed by atoms with van der Waals surface area (Å²) in [6, 6.07) is 10.4. The first-order valence-corrected chi connectivity index (χ1v) is 5.58. The van der Waals surface area contributed by atoms with Gasteiger partial charge in [-0.05, 0) is 24.3 Å². The maximum absolute atomic E-state index is 12.2. The normalized spacial score (nSPS) is 10.2. The van der Waals surface area contributed by atoms with Crippen LogP contribution in [0.1, 0.15) is 10.4 Å². The highest BCUT2D eigenvalue weighted by Crippen LogP contribution is 2.30. The highest BCUT2D eigenvalue weighted by molar-refractivity contribution is 6.08. The summed E-state index contributed by atoms with van der Waals surface area (Å²) in [5.74, 6) is -1.26. The molecule has 0 unspecified atom stereocenters. The Morgan fingerprint density at radius 2 is 1.74 bits per heavy atom. The Bertz CT molecular complexity index is 625. The van der Waals surface area contributed by atoms with E-state index in [0.29, 0.717) is 5.69 Å². The molecule has 0 aliphatic rings. The molecule has 5 heteroatoms. The number of nitrogens with zero attached hydrogens (tertiary/aromatic N) is 1. The van der Waals surface area contributed by atoms with Crippen molar-refractivity contribution in [1.29, 1.82) is 0 Å². The number of carbonyl (C=O) groups is 1. The van der Waals surface area contributed by atoms with Crippen molar-refractivity contribution in [2.24, 2.45) is 0 Å². The summed E-state index contributed by atoms with van der Waals surface area (Å²) in [5, 5.41) is 28.4. The lowest BCUT2D eigenvalue weighted by atomic mass is 10.1. The lowest BCUT2D eigenvalue weighted by Gasteiger charge is -2.18. The predicted octanol–water partition coefficient (Wildman–Crippen LogP) is 2.08. The van der Waals surface area contributed by atoms with E-state index >= 15 is 0 Å². The van der Waals surface area contributed by atoms with Crippen LogP contribution < -0.4 is 4.90 Å². The van der Waals surface area contributed by atoms with Crippen molar-refractivity contribution in [2.75, 3.05) is 11.9 Å². The molecule has 0 aliphatic carbocycles. The fraction of sp³-hybridized carbons (Fsp3) is 0.0714. The number of aromatic hydroxyl groups is 3. The number of hydrogen-bond donors (Lipinski definition) is 3. The van der Waals surface area contributed by atoms with E-state index in [1.165, 1.54) is 42.3 Å². The van der Waals surface area contributed by atoms with Crippen LogP contribution in [0, 0.1) is 0 Å². The van der Waals surface area contributed by atoms with Crippen molar-refractivity contribution < 1.29 is 20.1 Å². The third-order valence-corrected chi connectivity index (χ3v) is 2.77. The first kappa shape index (κ1) is 12.8. The van der Waals surface area contributed by atoms with E-state index in [1.807, 2.05) is 0 Å². The van der Waals surface area contributed by atoms with Crippen LogP contribution in [0.4, 0.5) is 5.69 Å². The van der Waals surface area contributed by atoms with Crippen LogP contribution >= 0.6 is 0 Å². The van der Waals surface area contributed by atoms with Gasteiger partial charge in [0.25, 0.3) is 5.91 Å². The van der Waals surface area contributed by atoms with Gasteiger partial charge in [0.05, 0.1) is 5.56 Å². The average Bonchev–Trinajstić information content (AvgIpc) is 2.40. The number of phenols is 3. The summed E-state index contributed by atoms with van der Waals surface area (Å²) in [6.45, 7) is 0. The lowest BCUT2D eigenvalue weighted by Crippen LogP contribution is -2.26. The van der Waals surface area contributed by atoms with Crippen LogP contribution in [0.25, 0.3) is 0 Å². The van der Waals surface area contributed by atoms with Crippen molar-refractivity contribution in [3.8, 4) is 17.2 Å². The Balaban J connectivity index is 2.36. The number of phenolic OH excluding ortho intramolecular Hbond substituents is 3. The van der Waals surface area contributed by atoms with Gasteiger partial charge >= 0.3 is 0 Å². The zero-order valence-corrected chi connectivity index (χ0v) is 10.2. The number of hydrogen-bond acceptors (Lipinski definition) is 4. The Labute approximate surface area is 110 Å². The summed E-state index contributed by atoms with van der Waals surface area (Å²) >= 11 is 0. The third kappa shape index (κ3) is 2.44. The molecule has 0 spiro atoms. The van der Waals surface area contributed by atoms with Crippen LogP contribution in [0.3, 0.4) is 0 Å². The van der Waals surface area contributed by atoms with Gasteiger partial charge in [-0.15, -0.1) is 0 Å². The Kier molecular flexibility index (Phi) is 3.29. The van der Waals surface area contributed by atoms with Crippen LogP contribution in [-0.2, 0) is 0 Å². The highest BCUT2D eigenvalue weighted by Gasteiger charge is 2.19. The van der Waals surface area contributed by atoms with E-state index in [-0.39, 0.29) is 17.1 Å². The van der Waals surface area contributed by atoms with Gasteiger partial charge in [0.15, 0.2) is 11.5 Å². The molecular weight excluding hydrogens is 246 g/mol. The van der Waals surface area contributed by atoms with Gasteiger partial charge in [0.1, 0.15) is 5.75 Å². The predicted molar refractivity (Wildman–Crippen MR) is 70.6 cm³/mol. The van der Waals surface area contributed by atoms with Crippen molar-refractivity contribution in [3.63, 3.8) is 0 Å². The van der Waals surface area contributed by atoms with Gasteiger partial charge < -0.3 is 20.2 Å². The molecule has 0 saturated carbocycles. The molecule has 2 aromatic carbocycles. The summed E-state index contributed by atoms with van der Waals surface area (Å²) in [4.78, 5) is 13.5. The Morgan fingerprint density at radius 3 is 2.42 bits per heavy atom. The molecule has 2 aromatic rings. The molecule has 0 aliphatic heterocycles. The van der Waals surface area contributed by atoms with Crippen molar-refractivity contribution in [1.82, 2.24) is 0 Å². The molecule has 0 bridgehead atoms. The highest BCUT2D eigenvalue weighted by atomic mass is 16.3.